The van der Waals surface area contributed by atoms with E-state index in [1.807, 2.05) is 11.9 Å². The second kappa shape index (κ2) is 4.87. The van der Waals surface area contributed by atoms with Crippen molar-refractivity contribution in [3.63, 3.8) is 0 Å². The highest BCUT2D eigenvalue weighted by Gasteiger charge is 2.29. The van der Waals surface area contributed by atoms with E-state index in [0.717, 1.165) is 25.9 Å². The van der Waals surface area contributed by atoms with Crippen molar-refractivity contribution in [2.24, 2.45) is 18.7 Å². The molecule has 1 aliphatic rings. The molecule has 1 saturated heterocycles. The minimum atomic E-state index is 0.0240. The van der Waals surface area contributed by atoms with Gasteiger partial charge in [-0.25, -0.2) is 0 Å². The molecule has 0 radical (unpaired) electrons. The third-order valence-electron chi connectivity index (χ3n) is 3.54. The molecule has 1 aromatic heterocycles. The zero-order chi connectivity index (χ0) is 12.4. The summed E-state index contributed by atoms with van der Waals surface area (Å²) in [4.78, 5) is 14.1. The summed E-state index contributed by atoms with van der Waals surface area (Å²) < 4.78 is 1.65. The van der Waals surface area contributed by atoms with Crippen LogP contribution in [0.2, 0.25) is 0 Å². The predicted octanol–water partition coefficient (Wildman–Crippen LogP) is 0.620. The minimum absolute atomic E-state index is 0.0240. The van der Waals surface area contributed by atoms with Crippen LogP contribution in [0, 0.1) is 5.92 Å². The number of rotatable bonds is 2. The van der Waals surface area contributed by atoms with Crippen molar-refractivity contribution >= 4 is 5.91 Å². The molecule has 17 heavy (non-hydrogen) atoms. The molecule has 1 amide bonds. The maximum Gasteiger partial charge on any atom is 0.274 e. The minimum Gasteiger partial charge on any atom is -0.337 e. The third-order valence-corrected chi connectivity index (χ3v) is 3.54. The summed E-state index contributed by atoms with van der Waals surface area (Å²) in [6.07, 6.45) is 3.70. The average Bonchev–Trinajstić information content (AvgIpc) is 2.75. The van der Waals surface area contributed by atoms with Crippen molar-refractivity contribution in [3.05, 3.63) is 18.0 Å². The number of nitrogens with zero attached hydrogens (tertiary/aromatic N) is 3. The lowest BCUT2D eigenvalue weighted by Gasteiger charge is -2.36. The molecular formula is C12H20N4O. The fourth-order valence-electron chi connectivity index (χ4n) is 2.36. The monoisotopic (exact) mass is 236 g/mol. The van der Waals surface area contributed by atoms with E-state index >= 15 is 0 Å². The van der Waals surface area contributed by atoms with Crippen LogP contribution in [0.15, 0.2) is 12.3 Å². The van der Waals surface area contributed by atoms with E-state index in [4.69, 9.17) is 5.73 Å². The van der Waals surface area contributed by atoms with E-state index in [0.29, 0.717) is 11.6 Å². The molecule has 2 atom stereocenters. The van der Waals surface area contributed by atoms with Crippen molar-refractivity contribution in [1.29, 1.82) is 0 Å². The smallest absolute Gasteiger partial charge is 0.274 e. The lowest BCUT2D eigenvalue weighted by atomic mass is 9.90. The Labute approximate surface area is 102 Å². The molecule has 0 spiro atoms. The van der Waals surface area contributed by atoms with Crippen LogP contribution in [0.3, 0.4) is 0 Å². The van der Waals surface area contributed by atoms with Crippen molar-refractivity contribution in [1.82, 2.24) is 14.7 Å². The summed E-state index contributed by atoms with van der Waals surface area (Å²) in [5.41, 5.74) is 6.56. The van der Waals surface area contributed by atoms with E-state index in [1.165, 1.54) is 0 Å². The Morgan fingerprint density at radius 3 is 3.00 bits per heavy atom. The molecule has 5 nitrogen and oxygen atoms in total. The molecular weight excluding hydrogens is 216 g/mol. The number of hydrogen-bond donors (Lipinski definition) is 1. The quantitative estimate of drug-likeness (QED) is 0.818. The lowest BCUT2D eigenvalue weighted by Crippen LogP contribution is -2.49. The highest BCUT2D eigenvalue weighted by Crippen LogP contribution is 2.19. The second-order valence-electron chi connectivity index (χ2n) is 4.75. The summed E-state index contributed by atoms with van der Waals surface area (Å²) in [6.45, 7) is 3.62. The Balaban J connectivity index is 2.05. The van der Waals surface area contributed by atoms with Gasteiger partial charge in [0.1, 0.15) is 5.69 Å². The fourth-order valence-corrected chi connectivity index (χ4v) is 2.36. The van der Waals surface area contributed by atoms with Crippen LogP contribution in [-0.4, -0.2) is 39.7 Å². The van der Waals surface area contributed by atoms with Crippen LogP contribution in [-0.2, 0) is 7.05 Å². The van der Waals surface area contributed by atoms with Gasteiger partial charge in [-0.3, -0.25) is 9.48 Å². The van der Waals surface area contributed by atoms with Crippen LogP contribution in [0.5, 0.6) is 0 Å². The first-order valence-corrected chi connectivity index (χ1v) is 6.16. The van der Waals surface area contributed by atoms with E-state index in [2.05, 4.69) is 12.0 Å². The first-order chi connectivity index (χ1) is 8.11. The number of amides is 1. The fraction of sp³-hybridized carbons (Fsp3) is 0.667. The van der Waals surface area contributed by atoms with E-state index in [1.54, 1.807) is 16.9 Å². The number of aromatic nitrogens is 2. The topological polar surface area (TPSA) is 64.2 Å². The molecule has 1 aromatic rings. The first-order valence-electron chi connectivity index (χ1n) is 6.16. The van der Waals surface area contributed by atoms with Gasteiger partial charge in [0, 0.05) is 32.4 Å². The zero-order valence-electron chi connectivity index (χ0n) is 10.5. The molecule has 0 aliphatic carbocycles. The van der Waals surface area contributed by atoms with Crippen LogP contribution in [0.25, 0.3) is 0 Å². The molecule has 2 rings (SSSR count). The normalized spacial score (nSPS) is 25.0. The number of hydrogen-bond acceptors (Lipinski definition) is 3. The Bertz CT molecular complexity index is 401. The number of carbonyl (C=O) groups is 1. The molecule has 1 fully saturated rings. The Morgan fingerprint density at radius 2 is 2.41 bits per heavy atom. The van der Waals surface area contributed by atoms with E-state index < -0.39 is 0 Å². The number of carbonyl (C=O) groups excluding carboxylic acids is 1. The number of likely N-dealkylation sites (tertiary alicyclic amines) is 1. The van der Waals surface area contributed by atoms with Gasteiger partial charge in [0.25, 0.3) is 5.91 Å². The van der Waals surface area contributed by atoms with Crippen LogP contribution < -0.4 is 5.73 Å². The predicted molar refractivity (Wildman–Crippen MR) is 65.5 cm³/mol. The molecule has 2 unspecified atom stereocenters. The van der Waals surface area contributed by atoms with Gasteiger partial charge in [-0.1, -0.05) is 13.3 Å². The maximum absolute atomic E-state index is 12.2. The lowest BCUT2D eigenvalue weighted by molar-refractivity contribution is 0.0642. The van der Waals surface area contributed by atoms with Gasteiger partial charge in [0.15, 0.2) is 0 Å². The van der Waals surface area contributed by atoms with Gasteiger partial charge in [-0.05, 0) is 18.4 Å². The van der Waals surface area contributed by atoms with Crippen LogP contribution in [0.4, 0.5) is 0 Å². The third kappa shape index (κ3) is 2.49. The van der Waals surface area contributed by atoms with E-state index in [9.17, 15) is 4.79 Å². The van der Waals surface area contributed by atoms with Crippen molar-refractivity contribution < 1.29 is 4.79 Å². The van der Waals surface area contributed by atoms with Gasteiger partial charge >= 0.3 is 0 Å². The van der Waals surface area contributed by atoms with Gasteiger partial charge in [0.05, 0.1) is 0 Å². The summed E-state index contributed by atoms with van der Waals surface area (Å²) in [6, 6.07) is 1.99. The van der Waals surface area contributed by atoms with Gasteiger partial charge < -0.3 is 10.6 Å². The van der Waals surface area contributed by atoms with Crippen LogP contribution in [0.1, 0.15) is 30.3 Å². The highest BCUT2D eigenvalue weighted by molar-refractivity contribution is 5.92. The Kier molecular flexibility index (Phi) is 3.47. The molecule has 0 aromatic carbocycles. The molecule has 0 bridgehead atoms. The Morgan fingerprint density at radius 1 is 1.65 bits per heavy atom. The van der Waals surface area contributed by atoms with Crippen molar-refractivity contribution in [2.75, 3.05) is 13.1 Å². The average molecular weight is 236 g/mol. The number of aryl methyl sites for hydroxylation is 1. The standard InChI is InChI=1S/C12H20N4O/c1-3-9-8-16(7-4-10(9)13)12(17)11-5-6-15(2)14-11/h5-6,9-10H,3-4,7-8,13H2,1-2H3. The molecule has 2 N–H and O–H groups in total. The second-order valence-corrected chi connectivity index (χ2v) is 4.75. The molecule has 5 heteroatoms. The Hall–Kier alpha value is -1.36. The number of piperidine rings is 1. The van der Waals surface area contributed by atoms with Crippen LogP contribution >= 0.6 is 0 Å². The maximum atomic E-state index is 12.2. The van der Waals surface area contributed by atoms with Gasteiger partial charge in [-0.2, -0.15) is 5.10 Å². The van der Waals surface area contributed by atoms with Gasteiger partial charge in [0.2, 0.25) is 0 Å². The summed E-state index contributed by atoms with van der Waals surface area (Å²) in [7, 11) is 1.82. The molecule has 94 valence electrons. The van der Waals surface area contributed by atoms with Gasteiger partial charge in [-0.15, -0.1) is 0 Å². The highest BCUT2D eigenvalue weighted by atomic mass is 16.2. The summed E-state index contributed by atoms with van der Waals surface area (Å²) in [5.74, 6) is 0.437. The molecule has 2 heterocycles. The SMILES string of the molecule is CCC1CN(C(=O)c2ccn(C)n2)CCC1N. The zero-order valence-corrected chi connectivity index (χ0v) is 10.5. The first kappa shape index (κ1) is 12.1. The largest absolute Gasteiger partial charge is 0.337 e. The summed E-state index contributed by atoms with van der Waals surface area (Å²) >= 11 is 0. The number of nitrogens with two attached hydrogens (primary N) is 1. The summed E-state index contributed by atoms with van der Waals surface area (Å²) in [5, 5.41) is 4.15. The van der Waals surface area contributed by atoms with Crippen molar-refractivity contribution in [3.8, 4) is 0 Å². The molecule has 0 saturated carbocycles. The van der Waals surface area contributed by atoms with Crippen molar-refractivity contribution in [2.45, 2.75) is 25.8 Å². The van der Waals surface area contributed by atoms with E-state index in [-0.39, 0.29) is 11.9 Å². The molecule has 1 aliphatic heterocycles.